The van der Waals surface area contributed by atoms with Crippen LogP contribution in [0.15, 0.2) is 34.5 Å². The number of sulfonamides is 1. The molecule has 0 amide bonds. The van der Waals surface area contributed by atoms with Crippen LogP contribution in [-0.4, -0.2) is 20.0 Å². The van der Waals surface area contributed by atoms with Gasteiger partial charge < -0.3 is 5.32 Å². The minimum atomic E-state index is -3.55. The summed E-state index contributed by atoms with van der Waals surface area (Å²) in [7, 11) is -3.55. The minimum absolute atomic E-state index is 0.382. The number of rotatable bonds is 6. The Labute approximate surface area is 169 Å². The highest BCUT2D eigenvalue weighted by atomic mass is 32.2. The topological polar surface area (TPSA) is 58.2 Å². The van der Waals surface area contributed by atoms with Gasteiger partial charge in [0.25, 0.3) is 10.0 Å². The molecule has 0 atom stereocenters. The van der Waals surface area contributed by atoms with Crippen LogP contribution in [0.1, 0.15) is 58.9 Å². The zero-order valence-corrected chi connectivity index (χ0v) is 19.4. The van der Waals surface area contributed by atoms with Crippen molar-refractivity contribution in [2.75, 3.05) is 0 Å². The molecule has 0 saturated carbocycles. The highest BCUT2D eigenvalue weighted by molar-refractivity contribution is 7.91. The Kier molecular flexibility index (Phi) is 8.67. The van der Waals surface area contributed by atoms with Crippen LogP contribution in [0.5, 0.6) is 0 Å². The Hall–Kier alpha value is -1.21. The largest absolute Gasteiger partial charge is 0.310 e. The lowest BCUT2D eigenvalue weighted by Gasteiger charge is -2.20. The molecule has 1 heterocycles. The van der Waals surface area contributed by atoms with Crippen molar-refractivity contribution in [2.45, 2.75) is 77.7 Å². The maximum atomic E-state index is 12.8. The van der Waals surface area contributed by atoms with E-state index in [1.54, 1.807) is 0 Å². The molecule has 0 spiro atoms. The first kappa shape index (κ1) is 23.8. The van der Waals surface area contributed by atoms with Gasteiger partial charge in [-0.2, -0.15) is 0 Å². The van der Waals surface area contributed by atoms with Crippen molar-refractivity contribution in [3.63, 3.8) is 0 Å². The van der Waals surface area contributed by atoms with E-state index >= 15 is 0 Å². The minimum Gasteiger partial charge on any atom is -0.310 e. The zero-order valence-electron chi connectivity index (χ0n) is 17.8. The molecule has 4 nitrogen and oxygen atoms in total. The molecule has 1 aromatic heterocycles. The molecule has 0 fully saturated rings. The van der Waals surface area contributed by atoms with Crippen LogP contribution in [0.3, 0.4) is 0 Å². The summed E-state index contributed by atoms with van der Waals surface area (Å²) >= 11 is 1.31. The standard InChI is InChI=1S/C19H28N2O2S2.C2H6/c1-13(2)20-12-15-7-9-16(10-8-15)17-11-14(3)24-18(17)25(22,23)21-19(4,5)6;1-2/h7-11,13,20-21H,12H2,1-6H3;1-2H3. The molecule has 2 rings (SSSR count). The number of hydrogen-bond acceptors (Lipinski definition) is 4. The van der Waals surface area contributed by atoms with E-state index < -0.39 is 15.6 Å². The maximum absolute atomic E-state index is 12.8. The van der Waals surface area contributed by atoms with Crippen molar-refractivity contribution in [1.82, 2.24) is 10.0 Å². The van der Waals surface area contributed by atoms with Crippen LogP contribution < -0.4 is 10.0 Å². The fraction of sp³-hybridized carbons (Fsp3) is 0.524. The third-order valence-electron chi connectivity index (χ3n) is 3.49. The summed E-state index contributed by atoms with van der Waals surface area (Å²) in [6.07, 6.45) is 0. The molecule has 0 aliphatic carbocycles. The van der Waals surface area contributed by atoms with Crippen LogP contribution in [0.4, 0.5) is 0 Å². The lowest BCUT2D eigenvalue weighted by Crippen LogP contribution is -2.40. The second-order valence-electron chi connectivity index (χ2n) is 7.65. The second kappa shape index (κ2) is 9.82. The third kappa shape index (κ3) is 7.37. The highest BCUT2D eigenvalue weighted by Crippen LogP contribution is 2.35. The van der Waals surface area contributed by atoms with Crippen LogP contribution in [0.25, 0.3) is 11.1 Å². The van der Waals surface area contributed by atoms with Crippen LogP contribution in [0.2, 0.25) is 0 Å². The van der Waals surface area contributed by atoms with Crippen LogP contribution in [-0.2, 0) is 16.6 Å². The van der Waals surface area contributed by atoms with Crippen molar-refractivity contribution in [3.05, 3.63) is 40.8 Å². The van der Waals surface area contributed by atoms with E-state index in [-0.39, 0.29) is 0 Å². The molecule has 2 aromatic rings. The van der Waals surface area contributed by atoms with Gasteiger partial charge in [0.1, 0.15) is 4.21 Å². The molecule has 2 N–H and O–H groups in total. The van der Waals surface area contributed by atoms with Crippen LogP contribution >= 0.6 is 11.3 Å². The third-order valence-corrected chi connectivity index (χ3v) is 6.83. The normalized spacial score (nSPS) is 12.0. The summed E-state index contributed by atoms with van der Waals surface area (Å²) in [6.45, 7) is 16.5. The quantitative estimate of drug-likeness (QED) is 0.677. The molecule has 0 bridgehead atoms. The average molecular weight is 411 g/mol. The lowest BCUT2D eigenvalue weighted by atomic mass is 10.1. The molecule has 0 radical (unpaired) electrons. The number of nitrogens with one attached hydrogen (secondary N) is 2. The zero-order chi connectivity index (χ0) is 20.8. The number of hydrogen-bond donors (Lipinski definition) is 2. The smallest absolute Gasteiger partial charge is 0.251 e. The van der Waals surface area contributed by atoms with E-state index in [0.29, 0.717) is 10.3 Å². The monoisotopic (exact) mass is 410 g/mol. The Morgan fingerprint density at radius 2 is 1.63 bits per heavy atom. The van der Waals surface area contributed by atoms with Gasteiger partial charge in [-0.1, -0.05) is 52.0 Å². The molecule has 1 aromatic carbocycles. The van der Waals surface area contributed by atoms with Crippen LogP contribution in [0, 0.1) is 6.92 Å². The summed E-state index contributed by atoms with van der Waals surface area (Å²) in [5.74, 6) is 0. The molecule has 152 valence electrons. The molecule has 0 unspecified atom stereocenters. The lowest BCUT2D eigenvalue weighted by molar-refractivity contribution is 0.493. The van der Waals surface area contributed by atoms with E-state index in [0.717, 1.165) is 22.5 Å². The van der Waals surface area contributed by atoms with E-state index in [9.17, 15) is 8.42 Å². The molecule has 0 aliphatic heterocycles. The molecular weight excluding hydrogens is 376 g/mol. The van der Waals surface area contributed by atoms with Gasteiger partial charge in [-0.3, -0.25) is 0 Å². The summed E-state index contributed by atoms with van der Waals surface area (Å²) in [6, 6.07) is 10.5. The summed E-state index contributed by atoms with van der Waals surface area (Å²) < 4.78 is 28.7. The Balaban J connectivity index is 0.00000176. The van der Waals surface area contributed by atoms with Crippen molar-refractivity contribution < 1.29 is 8.42 Å². The molecule has 0 aliphatic rings. The molecule has 0 saturated heterocycles. The van der Waals surface area contributed by atoms with E-state index in [1.165, 1.54) is 16.9 Å². The van der Waals surface area contributed by atoms with E-state index in [4.69, 9.17) is 0 Å². The SMILES string of the molecule is CC.Cc1cc(-c2ccc(CNC(C)C)cc2)c(S(=O)(=O)NC(C)(C)C)s1. The molecular formula is C21H34N2O2S2. The predicted octanol–water partition coefficient (Wildman–Crippen LogP) is 5.32. The van der Waals surface area contributed by atoms with Gasteiger partial charge in [0.15, 0.2) is 0 Å². The van der Waals surface area contributed by atoms with Crippen molar-refractivity contribution >= 4 is 21.4 Å². The second-order valence-corrected chi connectivity index (χ2v) is 10.8. The van der Waals surface area contributed by atoms with Gasteiger partial charge in [-0.15, -0.1) is 11.3 Å². The Morgan fingerprint density at radius 3 is 2.11 bits per heavy atom. The summed E-state index contributed by atoms with van der Waals surface area (Å²) in [4.78, 5) is 0.981. The first-order chi connectivity index (χ1) is 12.5. The van der Waals surface area contributed by atoms with Gasteiger partial charge in [-0.05, 0) is 44.9 Å². The fourth-order valence-corrected chi connectivity index (χ4v) is 5.55. The van der Waals surface area contributed by atoms with Gasteiger partial charge in [0.05, 0.1) is 0 Å². The summed E-state index contributed by atoms with van der Waals surface area (Å²) in [5, 5.41) is 3.38. The van der Waals surface area contributed by atoms with E-state index in [2.05, 4.69) is 23.9 Å². The molecule has 6 heteroatoms. The maximum Gasteiger partial charge on any atom is 0.251 e. The number of aryl methyl sites for hydroxylation is 1. The first-order valence-electron chi connectivity index (χ1n) is 9.45. The summed E-state index contributed by atoms with van der Waals surface area (Å²) in [5.41, 5.74) is 2.36. The number of thiophene rings is 1. The van der Waals surface area contributed by atoms with Crippen molar-refractivity contribution in [3.8, 4) is 11.1 Å². The van der Waals surface area contributed by atoms with E-state index in [1.807, 2.05) is 71.9 Å². The van der Waals surface area contributed by atoms with Gasteiger partial charge >= 0.3 is 0 Å². The van der Waals surface area contributed by atoms with Gasteiger partial charge in [-0.25, -0.2) is 13.1 Å². The first-order valence-corrected chi connectivity index (χ1v) is 11.7. The Morgan fingerprint density at radius 1 is 1.07 bits per heavy atom. The average Bonchev–Trinajstić information content (AvgIpc) is 2.96. The van der Waals surface area contributed by atoms with Crippen molar-refractivity contribution in [2.24, 2.45) is 0 Å². The Bertz CT molecular complexity index is 815. The molecule has 27 heavy (non-hydrogen) atoms. The van der Waals surface area contributed by atoms with Crippen molar-refractivity contribution in [1.29, 1.82) is 0 Å². The number of benzene rings is 1. The van der Waals surface area contributed by atoms with Gasteiger partial charge in [0.2, 0.25) is 0 Å². The predicted molar refractivity (Wildman–Crippen MR) is 118 cm³/mol. The van der Waals surface area contributed by atoms with Gasteiger partial charge in [0, 0.05) is 28.6 Å². The highest BCUT2D eigenvalue weighted by Gasteiger charge is 2.27. The fourth-order valence-electron chi connectivity index (χ4n) is 2.47.